The number of thiophene rings is 1. The van der Waals surface area contributed by atoms with E-state index in [2.05, 4.69) is 32.0 Å². The van der Waals surface area contributed by atoms with Gasteiger partial charge >= 0.3 is 10.1 Å². The first-order chi connectivity index (χ1) is 13.0. The highest BCUT2D eigenvalue weighted by molar-refractivity contribution is 7.87. The van der Waals surface area contributed by atoms with E-state index in [1.54, 1.807) is 47.7 Å². The number of benzene rings is 3. The van der Waals surface area contributed by atoms with Gasteiger partial charge in [-0.05, 0) is 60.4 Å². The third-order valence-electron chi connectivity index (χ3n) is 4.88. The molecule has 0 fully saturated rings. The summed E-state index contributed by atoms with van der Waals surface area (Å²) in [6.07, 6.45) is 1.07. The molecule has 1 atom stereocenters. The van der Waals surface area contributed by atoms with Gasteiger partial charge < -0.3 is 4.18 Å². The van der Waals surface area contributed by atoms with Crippen molar-refractivity contribution in [2.45, 2.75) is 31.1 Å². The Morgan fingerprint density at radius 1 is 0.926 bits per heavy atom. The summed E-state index contributed by atoms with van der Waals surface area (Å²) >= 11 is 1.68. The van der Waals surface area contributed by atoms with Gasteiger partial charge in [0.05, 0.1) is 0 Å². The lowest BCUT2D eigenvalue weighted by atomic mass is 9.97. The van der Waals surface area contributed by atoms with Gasteiger partial charge in [-0.15, -0.1) is 11.3 Å². The van der Waals surface area contributed by atoms with Gasteiger partial charge in [0.1, 0.15) is 10.6 Å². The van der Waals surface area contributed by atoms with Crippen LogP contribution in [0.3, 0.4) is 0 Å². The molecule has 3 aromatic carbocycles. The molecule has 1 heterocycles. The summed E-state index contributed by atoms with van der Waals surface area (Å²) in [6, 6.07) is 20.3. The Morgan fingerprint density at radius 3 is 2.30 bits per heavy atom. The van der Waals surface area contributed by atoms with Crippen LogP contribution in [0.1, 0.15) is 31.7 Å². The molecule has 0 aliphatic rings. The maximum Gasteiger partial charge on any atom is 0.339 e. The van der Waals surface area contributed by atoms with E-state index >= 15 is 0 Å². The molecular weight excluding hydrogens is 376 g/mol. The number of rotatable bonds is 5. The minimum atomic E-state index is -3.88. The van der Waals surface area contributed by atoms with Crippen LogP contribution in [-0.2, 0) is 10.1 Å². The standard InChI is InChI=1S/C22H20O3S2/c1-3-15(2)16-9-11-21-19(13-16)20-14-18(10-12-22(20)26-21)27(23,24)25-17-7-5-4-6-8-17/h4-15H,3H2,1-2H3. The van der Waals surface area contributed by atoms with E-state index in [0.717, 1.165) is 26.6 Å². The molecule has 0 radical (unpaired) electrons. The molecule has 0 amide bonds. The topological polar surface area (TPSA) is 43.4 Å². The van der Waals surface area contributed by atoms with Gasteiger partial charge in [0.15, 0.2) is 0 Å². The molecule has 0 N–H and O–H groups in total. The van der Waals surface area contributed by atoms with Crippen molar-refractivity contribution in [2.24, 2.45) is 0 Å². The SMILES string of the molecule is CCC(C)c1ccc2sc3ccc(S(=O)(=O)Oc4ccccc4)cc3c2c1. The molecule has 4 rings (SSSR count). The van der Waals surface area contributed by atoms with Crippen LogP contribution in [0, 0.1) is 0 Å². The smallest absolute Gasteiger partial charge is 0.339 e. The second-order valence-electron chi connectivity index (χ2n) is 6.68. The highest BCUT2D eigenvalue weighted by Crippen LogP contribution is 2.37. The maximum absolute atomic E-state index is 12.7. The van der Waals surface area contributed by atoms with E-state index in [0.29, 0.717) is 11.7 Å². The lowest BCUT2D eigenvalue weighted by Crippen LogP contribution is -2.09. The molecule has 27 heavy (non-hydrogen) atoms. The summed E-state index contributed by atoms with van der Waals surface area (Å²) in [5.41, 5.74) is 1.28. The molecule has 1 unspecified atom stereocenters. The predicted octanol–water partition coefficient (Wildman–Crippen LogP) is 6.34. The van der Waals surface area contributed by atoms with Crippen molar-refractivity contribution >= 4 is 41.6 Å². The number of hydrogen-bond acceptors (Lipinski definition) is 4. The molecule has 0 saturated carbocycles. The Bertz CT molecular complexity index is 1210. The minimum absolute atomic E-state index is 0.174. The molecule has 0 spiro atoms. The van der Waals surface area contributed by atoms with Crippen LogP contribution in [0.15, 0.2) is 71.6 Å². The summed E-state index contributed by atoms with van der Waals surface area (Å²) in [6.45, 7) is 4.38. The van der Waals surface area contributed by atoms with Crippen LogP contribution in [0.4, 0.5) is 0 Å². The fourth-order valence-corrected chi connectivity index (χ4v) is 5.15. The van der Waals surface area contributed by atoms with Gasteiger partial charge in [-0.2, -0.15) is 8.42 Å². The molecule has 0 saturated heterocycles. The zero-order valence-electron chi connectivity index (χ0n) is 15.2. The Hall–Kier alpha value is -2.37. The first kappa shape index (κ1) is 18.0. The van der Waals surface area contributed by atoms with E-state index in [1.807, 2.05) is 12.1 Å². The minimum Gasteiger partial charge on any atom is -0.379 e. The molecule has 0 aliphatic carbocycles. The zero-order chi connectivity index (χ0) is 19.0. The van der Waals surface area contributed by atoms with Gasteiger partial charge in [0.25, 0.3) is 0 Å². The van der Waals surface area contributed by atoms with E-state index in [-0.39, 0.29) is 4.90 Å². The highest BCUT2D eigenvalue weighted by atomic mass is 32.2. The summed E-state index contributed by atoms with van der Waals surface area (Å²) in [5, 5.41) is 2.06. The Morgan fingerprint density at radius 2 is 1.59 bits per heavy atom. The Kier molecular flexibility index (Phi) is 4.66. The molecular formula is C22H20O3S2. The van der Waals surface area contributed by atoms with Crippen molar-refractivity contribution in [1.29, 1.82) is 0 Å². The van der Waals surface area contributed by atoms with E-state index in [9.17, 15) is 8.42 Å². The largest absolute Gasteiger partial charge is 0.379 e. The van der Waals surface area contributed by atoms with Crippen LogP contribution < -0.4 is 4.18 Å². The average Bonchev–Trinajstić information content (AvgIpc) is 3.05. The van der Waals surface area contributed by atoms with Crippen molar-refractivity contribution in [3.63, 3.8) is 0 Å². The Balaban J connectivity index is 1.81. The third kappa shape index (κ3) is 3.45. The molecule has 5 heteroatoms. The first-order valence-electron chi connectivity index (χ1n) is 8.93. The third-order valence-corrected chi connectivity index (χ3v) is 7.28. The van der Waals surface area contributed by atoms with Gasteiger partial charge in [-0.1, -0.05) is 38.1 Å². The van der Waals surface area contributed by atoms with Crippen LogP contribution >= 0.6 is 11.3 Å². The zero-order valence-corrected chi connectivity index (χ0v) is 16.8. The van der Waals surface area contributed by atoms with Crippen molar-refractivity contribution < 1.29 is 12.6 Å². The van der Waals surface area contributed by atoms with Gasteiger partial charge in [-0.3, -0.25) is 0 Å². The second kappa shape index (κ2) is 6.98. The van der Waals surface area contributed by atoms with E-state index in [4.69, 9.17) is 4.18 Å². The molecule has 3 nitrogen and oxygen atoms in total. The van der Waals surface area contributed by atoms with Crippen LogP contribution in [0.2, 0.25) is 0 Å². The predicted molar refractivity (Wildman–Crippen MR) is 112 cm³/mol. The lowest BCUT2D eigenvalue weighted by molar-refractivity contribution is 0.486. The van der Waals surface area contributed by atoms with Crippen LogP contribution in [0.25, 0.3) is 20.2 Å². The fourth-order valence-electron chi connectivity index (χ4n) is 3.12. The Labute approximate surface area is 163 Å². The molecule has 0 bridgehead atoms. The lowest BCUT2D eigenvalue weighted by Gasteiger charge is -2.09. The van der Waals surface area contributed by atoms with Crippen molar-refractivity contribution in [2.75, 3.05) is 0 Å². The highest BCUT2D eigenvalue weighted by Gasteiger charge is 2.18. The van der Waals surface area contributed by atoms with Gasteiger partial charge in [-0.25, -0.2) is 0 Å². The van der Waals surface area contributed by atoms with Gasteiger partial charge in [0, 0.05) is 20.2 Å². The monoisotopic (exact) mass is 396 g/mol. The maximum atomic E-state index is 12.7. The molecule has 1 aromatic heterocycles. The van der Waals surface area contributed by atoms with Gasteiger partial charge in [0.2, 0.25) is 0 Å². The summed E-state index contributed by atoms with van der Waals surface area (Å²) in [5.74, 6) is 0.782. The summed E-state index contributed by atoms with van der Waals surface area (Å²) in [4.78, 5) is 0.174. The summed E-state index contributed by atoms with van der Waals surface area (Å²) < 4.78 is 32.9. The van der Waals surface area contributed by atoms with E-state index in [1.165, 1.54) is 5.56 Å². The molecule has 0 aliphatic heterocycles. The quantitative estimate of drug-likeness (QED) is 0.370. The number of fused-ring (bicyclic) bond motifs is 3. The van der Waals surface area contributed by atoms with Crippen molar-refractivity contribution in [3.8, 4) is 5.75 Å². The number of hydrogen-bond donors (Lipinski definition) is 0. The summed E-state index contributed by atoms with van der Waals surface area (Å²) in [7, 11) is -3.88. The molecule has 138 valence electrons. The van der Waals surface area contributed by atoms with Crippen molar-refractivity contribution in [1.82, 2.24) is 0 Å². The van der Waals surface area contributed by atoms with Crippen LogP contribution in [0.5, 0.6) is 5.75 Å². The number of para-hydroxylation sites is 1. The second-order valence-corrected chi connectivity index (χ2v) is 9.31. The first-order valence-corrected chi connectivity index (χ1v) is 11.2. The van der Waals surface area contributed by atoms with Crippen molar-refractivity contribution in [3.05, 3.63) is 72.3 Å². The molecule has 4 aromatic rings. The van der Waals surface area contributed by atoms with Crippen LogP contribution in [-0.4, -0.2) is 8.42 Å². The average molecular weight is 397 g/mol. The normalized spacial score (nSPS) is 13.1. The van der Waals surface area contributed by atoms with E-state index < -0.39 is 10.1 Å². The fraction of sp³-hybridized carbons (Fsp3) is 0.182.